The number of sulfone groups is 1. The lowest BCUT2D eigenvalue weighted by Crippen LogP contribution is -2.23. The summed E-state index contributed by atoms with van der Waals surface area (Å²) >= 11 is 0. The van der Waals surface area contributed by atoms with Crippen LogP contribution in [0.3, 0.4) is 0 Å². The van der Waals surface area contributed by atoms with Gasteiger partial charge in [-0.1, -0.05) is 0 Å². The predicted molar refractivity (Wildman–Crippen MR) is 112 cm³/mol. The van der Waals surface area contributed by atoms with Crippen LogP contribution in [0.1, 0.15) is 34.3 Å². The number of nitrogens with zero attached hydrogens (tertiary/aromatic N) is 3. The number of carbonyl (C=O) groups is 1. The molecule has 0 radical (unpaired) electrons. The number of aromatic nitrogens is 3. The minimum Gasteiger partial charge on any atom is -0.467 e. The predicted octanol–water partition coefficient (Wildman–Crippen LogP) is 2.88. The monoisotopic (exact) mass is 440 g/mol. The SMILES string of the molecule is Cc1nn(C2CCS(=O)(=O)C2)c2nc(-c3ccco3)cc(C(=O)NCc3ccco3)c12. The van der Waals surface area contributed by atoms with E-state index in [2.05, 4.69) is 10.4 Å². The molecule has 1 amide bonds. The van der Waals surface area contributed by atoms with Crippen LogP contribution in [0.25, 0.3) is 22.5 Å². The van der Waals surface area contributed by atoms with Crippen LogP contribution in [-0.4, -0.2) is 40.6 Å². The van der Waals surface area contributed by atoms with Gasteiger partial charge in [0, 0.05) is 0 Å². The summed E-state index contributed by atoms with van der Waals surface area (Å²) in [6.45, 7) is 2.03. The molecule has 1 aliphatic rings. The molecule has 0 saturated carbocycles. The number of amides is 1. The molecule has 1 aliphatic heterocycles. The Morgan fingerprint density at radius 2 is 2.06 bits per heavy atom. The summed E-state index contributed by atoms with van der Waals surface area (Å²) in [5, 5.41) is 8.03. The second-order valence-electron chi connectivity index (χ2n) is 7.58. The smallest absolute Gasteiger partial charge is 0.252 e. The van der Waals surface area contributed by atoms with Crippen molar-refractivity contribution in [2.75, 3.05) is 11.5 Å². The lowest BCUT2D eigenvalue weighted by molar-refractivity contribution is 0.0949. The molecule has 0 bridgehead atoms. The highest BCUT2D eigenvalue weighted by molar-refractivity contribution is 7.91. The lowest BCUT2D eigenvalue weighted by atomic mass is 10.1. The summed E-state index contributed by atoms with van der Waals surface area (Å²) in [5.74, 6) is 0.959. The quantitative estimate of drug-likeness (QED) is 0.506. The largest absolute Gasteiger partial charge is 0.467 e. The third kappa shape index (κ3) is 3.63. The van der Waals surface area contributed by atoms with Gasteiger partial charge in [0.05, 0.1) is 53.3 Å². The molecule has 0 aromatic carbocycles. The van der Waals surface area contributed by atoms with Crippen LogP contribution in [0.4, 0.5) is 0 Å². The van der Waals surface area contributed by atoms with Gasteiger partial charge in [-0.2, -0.15) is 5.10 Å². The van der Waals surface area contributed by atoms with Crippen molar-refractivity contribution in [2.24, 2.45) is 0 Å². The van der Waals surface area contributed by atoms with E-state index in [1.165, 1.54) is 6.26 Å². The molecule has 1 saturated heterocycles. The molecule has 1 unspecified atom stereocenters. The molecule has 0 aliphatic carbocycles. The molecule has 10 heteroatoms. The Morgan fingerprint density at radius 3 is 2.74 bits per heavy atom. The molecule has 1 N–H and O–H groups in total. The number of furan rings is 2. The number of rotatable bonds is 5. The highest BCUT2D eigenvalue weighted by Crippen LogP contribution is 2.32. The van der Waals surface area contributed by atoms with Gasteiger partial charge >= 0.3 is 0 Å². The van der Waals surface area contributed by atoms with Gasteiger partial charge in [-0.3, -0.25) is 4.79 Å². The highest BCUT2D eigenvalue weighted by Gasteiger charge is 2.32. The number of hydrogen-bond acceptors (Lipinski definition) is 7. The van der Waals surface area contributed by atoms with Crippen LogP contribution in [0.5, 0.6) is 0 Å². The van der Waals surface area contributed by atoms with E-state index >= 15 is 0 Å². The summed E-state index contributed by atoms with van der Waals surface area (Å²) in [6.07, 6.45) is 3.54. The average Bonchev–Trinajstić information content (AvgIpc) is 3.53. The molecule has 5 rings (SSSR count). The van der Waals surface area contributed by atoms with Crippen LogP contribution >= 0.6 is 0 Å². The molecule has 160 valence electrons. The first-order chi connectivity index (χ1) is 14.9. The zero-order valence-corrected chi connectivity index (χ0v) is 17.6. The fourth-order valence-corrected chi connectivity index (χ4v) is 5.63. The van der Waals surface area contributed by atoms with E-state index < -0.39 is 9.84 Å². The summed E-state index contributed by atoms with van der Waals surface area (Å²) in [7, 11) is -3.11. The first-order valence-electron chi connectivity index (χ1n) is 9.86. The zero-order valence-electron chi connectivity index (χ0n) is 16.7. The van der Waals surface area contributed by atoms with Crippen LogP contribution < -0.4 is 5.32 Å². The normalized spacial score (nSPS) is 17.9. The van der Waals surface area contributed by atoms with Crippen molar-refractivity contribution in [2.45, 2.75) is 25.9 Å². The maximum Gasteiger partial charge on any atom is 0.252 e. The van der Waals surface area contributed by atoms with E-state index in [1.54, 1.807) is 48.2 Å². The number of hydrogen-bond donors (Lipinski definition) is 1. The minimum absolute atomic E-state index is 0.00982. The molecular weight excluding hydrogens is 420 g/mol. The Labute approximate surface area is 178 Å². The van der Waals surface area contributed by atoms with Crippen LogP contribution in [-0.2, 0) is 16.4 Å². The summed E-state index contributed by atoms with van der Waals surface area (Å²) in [6, 6.07) is 8.38. The van der Waals surface area contributed by atoms with Crippen LogP contribution in [0, 0.1) is 6.92 Å². The van der Waals surface area contributed by atoms with E-state index in [0.717, 1.165) is 0 Å². The Bertz CT molecular complexity index is 1350. The van der Waals surface area contributed by atoms with Gasteiger partial charge in [0.25, 0.3) is 5.91 Å². The van der Waals surface area contributed by atoms with Gasteiger partial charge in [0.1, 0.15) is 11.5 Å². The summed E-state index contributed by atoms with van der Waals surface area (Å²) in [5.41, 5.74) is 1.95. The first kappa shape index (κ1) is 19.6. The van der Waals surface area contributed by atoms with E-state index in [1.807, 2.05) is 0 Å². The highest BCUT2D eigenvalue weighted by atomic mass is 32.2. The molecule has 31 heavy (non-hydrogen) atoms. The van der Waals surface area contributed by atoms with Gasteiger partial charge in [0.2, 0.25) is 0 Å². The second-order valence-corrected chi connectivity index (χ2v) is 9.81. The van der Waals surface area contributed by atoms with Crippen molar-refractivity contribution >= 4 is 26.8 Å². The topological polar surface area (TPSA) is 120 Å². The number of pyridine rings is 1. The van der Waals surface area contributed by atoms with Gasteiger partial charge in [0.15, 0.2) is 21.2 Å². The van der Waals surface area contributed by atoms with Crippen LogP contribution in [0.15, 0.2) is 51.7 Å². The van der Waals surface area contributed by atoms with Gasteiger partial charge < -0.3 is 14.2 Å². The van der Waals surface area contributed by atoms with Crippen molar-refractivity contribution in [1.82, 2.24) is 20.1 Å². The van der Waals surface area contributed by atoms with Crippen LogP contribution in [0.2, 0.25) is 0 Å². The van der Waals surface area contributed by atoms with Gasteiger partial charge in [-0.05, 0) is 43.7 Å². The number of nitrogens with one attached hydrogen (secondary N) is 1. The van der Waals surface area contributed by atoms with E-state index in [0.29, 0.717) is 45.9 Å². The summed E-state index contributed by atoms with van der Waals surface area (Å²) in [4.78, 5) is 17.8. The van der Waals surface area contributed by atoms with E-state index in [4.69, 9.17) is 13.8 Å². The van der Waals surface area contributed by atoms with Crippen molar-refractivity contribution < 1.29 is 22.0 Å². The molecule has 5 heterocycles. The Balaban J connectivity index is 1.62. The number of aryl methyl sites for hydroxylation is 1. The number of fused-ring (bicyclic) bond motifs is 1. The third-order valence-electron chi connectivity index (χ3n) is 5.41. The zero-order chi connectivity index (χ0) is 21.6. The molecule has 9 nitrogen and oxygen atoms in total. The van der Waals surface area contributed by atoms with Gasteiger partial charge in [-0.15, -0.1) is 0 Å². The standard InChI is InChI=1S/C21H20N4O5S/c1-13-19-16(21(26)22-11-15-4-2-7-29-15)10-17(18-5-3-8-30-18)23-20(19)25(24-13)14-6-9-31(27,28)12-14/h2-5,7-8,10,14H,6,9,11-12H2,1H3,(H,22,26). The first-order valence-corrected chi connectivity index (χ1v) is 11.7. The maximum atomic E-state index is 13.1. The molecular formula is C21H20N4O5S. The third-order valence-corrected chi connectivity index (χ3v) is 7.16. The Kier molecular flexibility index (Phi) is 4.66. The average molecular weight is 440 g/mol. The second kappa shape index (κ2) is 7.38. The van der Waals surface area contributed by atoms with Gasteiger partial charge in [-0.25, -0.2) is 18.1 Å². The summed E-state index contributed by atoms with van der Waals surface area (Å²) < 4.78 is 36.5. The van der Waals surface area contributed by atoms with Crippen molar-refractivity contribution in [1.29, 1.82) is 0 Å². The van der Waals surface area contributed by atoms with E-state index in [9.17, 15) is 13.2 Å². The molecule has 0 spiro atoms. The Morgan fingerprint density at radius 1 is 1.26 bits per heavy atom. The minimum atomic E-state index is -3.11. The van der Waals surface area contributed by atoms with E-state index in [-0.39, 0.29) is 30.0 Å². The fourth-order valence-electron chi connectivity index (χ4n) is 3.94. The number of carbonyl (C=O) groups excluding carboxylic acids is 1. The van der Waals surface area contributed by atoms with Crippen molar-refractivity contribution in [3.8, 4) is 11.5 Å². The molecule has 4 aromatic heterocycles. The van der Waals surface area contributed by atoms with Crippen molar-refractivity contribution in [3.05, 3.63) is 59.9 Å². The Hall–Kier alpha value is -3.40. The molecule has 1 atom stereocenters. The molecule has 1 fully saturated rings. The fraction of sp³-hybridized carbons (Fsp3) is 0.286. The lowest BCUT2D eigenvalue weighted by Gasteiger charge is -2.11. The molecule has 4 aromatic rings. The maximum absolute atomic E-state index is 13.1. The van der Waals surface area contributed by atoms with Crippen molar-refractivity contribution in [3.63, 3.8) is 0 Å².